The Kier molecular flexibility index (Phi) is 3.56. The number of hydrogen-bond donors (Lipinski definition) is 2. The molecule has 1 aromatic carbocycles. The lowest BCUT2D eigenvalue weighted by molar-refractivity contribution is -0.162. The van der Waals surface area contributed by atoms with Gasteiger partial charge in [0.05, 0.1) is 6.42 Å². The van der Waals surface area contributed by atoms with Crippen LogP contribution in [0.5, 0.6) is 0 Å². The Hall–Kier alpha value is -2.02. The third-order valence-electron chi connectivity index (χ3n) is 5.17. The molecule has 2 N–H and O–H groups in total. The van der Waals surface area contributed by atoms with Crippen LogP contribution in [0.1, 0.15) is 24.8 Å². The molecule has 2 saturated heterocycles. The predicted octanol–water partition coefficient (Wildman–Crippen LogP) is 1.00. The predicted molar refractivity (Wildman–Crippen MR) is 88.3 cm³/mol. The Balaban J connectivity index is 1.44. The number of carboxylic acids is 1. The lowest BCUT2D eigenvalue weighted by atomic mass is 9.77. The van der Waals surface area contributed by atoms with E-state index in [9.17, 15) is 19.5 Å². The quantitative estimate of drug-likeness (QED) is 0.795. The normalized spacial score (nSPS) is 29.6. The summed E-state index contributed by atoms with van der Waals surface area (Å²) >= 11 is 1.56. The molecule has 1 spiro atoms. The first kappa shape index (κ1) is 15.5. The maximum atomic E-state index is 12.4. The molecule has 2 unspecified atom stereocenters. The first-order valence-corrected chi connectivity index (χ1v) is 8.96. The van der Waals surface area contributed by atoms with Gasteiger partial charge in [0, 0.05) is 4.75 Å². The van der Waals surface area contributed by atoms with Crippen LogP contribution in [-0.2, 0) is 20.8 Å². The van der Waals surface area contributed by atoms with Crippen molar-refractivity contribution in [2.24, 2.45) is 0 Å². The van der Waals surface area contributed by atoms with E-state index < -0.39 is 18.1 Å². The first-order valence-electron chi connectivity index (χ1n) is 8.08. The molecule has 4 rings (SSSR count). The number of amides is 2. The summed E-state index contributed by atoms with van der Waals surface area (Å²) in [6.07, 6.45) is 2.85. The van der Waals surface area contributed by atoms with Crippen LogP contribution in [0.3, 0.4) is 0 Å². The smallest absolute Gasteiger partial charge is 0.327 e. The third-order valence-corrected chi connectivity index (χ3v) is 7.01. The van der Waals surface area contributed by atoms with Crippen LogP contribution in [0.4, 0.5) is 0 Å². The van der Waals surface area contributed by atoms with E-state index in [1.165, 1.54) is 4.90 Å². The van der Waals surface area contributed by atoms with Gasteiger partial charge in [-0.25, -0.2) is 4.79 Å². The second-order valence-corrected chi connectivity index (χ2v) is 8.15. The van der Waals surface area contributed by atoms with Crippen molar-refractivity contribution in [1.29, 1.82) is 0 Å². The number of nitrogens with zero attached hydrogens (tertiary/aromatic N) is 1. The van der Waals surface area contributed by atoms with E-state index in [0.29, 0.717) is 0 Å². The summed E-state index contributed by atoms with van der Waals surface area (Å²) in [6, 6.07) is 7.98. The second-order valence-electron chi connectivity index (χ2n) is 6.62. The molecule has 2 aliphatic heterocycles. The van der Waals surface area contributed by atoms with Crippen LogP contribution in [-0.4, -0.2) is 50.0 Å². The number of nitrogens with one attached hydrogen (secondary N) is 1. The molecule has 1 aromatic rings. The van der Waals surface area contributed by atoms with E-state index in [0.717, 1.165) is 24.8 Å². The number of carbonyl (C=O) groups is 3. The zero-order valence-corrected chi connectivity index (χ0v) is 13.8. The number of benzene rings is 1. The zero-order valence-electron chi connectivity index (χ0n) is 13.0. The number of hydrogen-bond acceptors (Lipinski definition) is 4. The summed E-state index contributed by atoms with van der Waals surface area (Å²) in [5.74, 6) is -1.42. The summed E-state index contributed by atoms with van der Waals surface area (Å²) in [5.41, 5.74) is 0.886. The standard InChI is InChI=1S/C17H18N2O4S/c20-11(9-10-5-2-1-3-6-10)18-12-14(21)19-13(16(22)23)17(7-4-8-17)24-15(12)19/h1-3,5-6,12-13,15H,4,7-9H2,(H,18,20)(H,22,23)/t12?,13?,15-/m0/s1. The minimum Gasteiger partial charge on any atom is -0.480 e. The van der Waals surface area contributed by atoms with Crippen LogP contribution in [0.15, 0.2) is 30.3 Å². The highest BCUT2D eigenvalue weighted by Gasteiger charge is 2.68. The van der Waals surface area contributed by atoms with Gasteiger partial charge < -0.3 is 15.3 Å². The largest absolute Gasteiger partial charge is 0.480 e. The van der Waals surface area contributed by atoms with E-state index in [4.69, 9.17) is 0 Å². The number of β-lactam (4-membered cyclic amide) rings is 1. The molecule has 0 bridgehead atoms. The molecule has 126 valence electrons. The fraction of sp³-hybridized carbons (Fsp3) is 0.471. The Morgan fingerprint density at radius 3 is 2.58 bits per heavy atom. The van der Waals surface area contributed by atoms with Gasteiger partial charge in [0.25, 0.3) is 0 Å². The van der Waals surface area contributed by atoms with E-state index in [1.54, 1.807) is 11.8 Å². The molecule has 6 nitrogen and oxygen atoms in total. The number of aliphatic carboxylic acids is 1. The van der Waals surface area contributed by atoms with Crippen molar-refractivity contribution in [3.63, 3.8) is 0 Å². The third kappa shape index (κ3) is 2.22. The van der Waals surface area contributed by atoms with Gasteiger partial charge in [0.15, 0.2) is 0 Å². The molecule has 3 aliphatic rings. The lowest BCUT2D eigenvalue weighted by Gasteiger charge is -2.44. The molecule has 3 atom stereocenters. The Labute approximate surface area is 143 Å². The molecule has 1 aliphatic carbocycles. The topological polar surface area (TPSA) is 86.7 Å². The highest BCUT2D eigenvalue weighted by molar-refractivity contribution is 8.01. The minimum atomic E-state index is -0.938. The number of fused-ring (bicyclic) bond motifs is 1. The minimum absolute atomic E-state index is 0.207. The number of carboxylic acid groups (broad SMARTS) is 1. The first-order chi connectivity index (χ1) is 11.5. The van der Waals surface area contributed by atoms with Crippen LogP contribution in [0.2, 0.25) is 0 Å². The van der Waals surface area contributed by atoms with Crippen LogP contribution in [0, 0.1) is 0 Å². The lowest BCUT2D eigenvalue weighted by Crippen LogP contribution is -2.71. The average molecular weight is 346 g/mol. The number of carbonyl (C=O) groups excluding carboxylic acids is 2. The van der Waals surface area contributed by atoms with Gasteiger partial charge >= 0.3 is 5.97 Å². The van der Waals surface area contributed by atoms with Gasteiger partial charge in [-0.1, -0.05) is 36.8 Å². The van der Waals surface area contributed by atoms with Crippen molar-refractivity contribution >= 4 is 29.5 Å². The van der Waals surface area contributed by atoms with Crippen molar-refractivity contribution in [3.8, 4) is 0 Å². The maximum absolute atomic E-state index is 12.4. The Morgan fingerprint density at radius 2 is 2.00 bits per heavy atom. The van der Waals surface area contributed by atoms with E-state index in [-0.39, 0.29) is 28.4 Å². The van der Waals surface area contributed by atoms with Gasteiger partial charge in [-0.3, -0.25) is 9.59 Å². The molecule has 2 amide bonds. The molecular formula is C17H18N2O4S. The summed E-state index contributed by atoms with van der Waals surface area (Å²) in [5, 5.41) is 12.1. The summed E-state index contributed by atoms with van der Waals surface area (Å²) in [6.45, 7) is 0. The molecule has 1 saturated carbocycles. The fourth-order valence-corrected chi connectivity index (χ4v) is 5.85. The van der Waals surface area contributed by atoms with Crippen molar-refractivity contribution in [2.45, 2.75) is 47.9 Å². The summed E-state index contributed by atoms with van der Waals surface area (Å²) < 4.78 is -0.356. The maximum Gasteiger partial charge on any atom is 0.327 e. The van der Waals surface area contributed by atoms with E-state index >= 15 is 0 Å². The van der Waals surface area contributed by atoms with Gasteiger partial charge in [-0.05, 0) is 18.4 Å². The molecule has 0 aromatic heterocycles. The number of rotatable bonds is 4. The van der Waals surface area contributed by atoms with Crippen LogP contribution >= 0.6 is 11.8 Å². The van der Waals surface area contributed by atoms with E-state index in [2.05, 4.69) is 5.32 Å². The monoisotopic (exact) mass is 346 g/mol. The van der Waals surface area contributed by atoms with Crippen molar-refractivity contribution in [3.05, 3.63) is 35.9 Å². The van der Waals surface area contributed by atoms with Crippen molar-refractivity contribution in [2.75, 3.05) is 0 Å². The van der Waals surface area contributed by atoms with Crippen molar-refractivity contribution < 1.29 is 19.5 Å². The van der Waals surface area contributed by atoms with Gasteiger partial charge in [0.1, 0.15) is 17.5 Å². The molecule has 0 radical (unpaired) electrons. The fourth-order valence-electron chi connectivity index (χ4n) is 3.84. The van der Waals surface area contributed by atoms with Gasteiger partial charge in [-0.2, -0.15) is 0 Å². The molecule has 3 fully saturated rings. The Bertz CT molecular complexity index is 704. The molecular weight excluding hydrogens is 328 g/mol. The summed E-state index contributed by atoms with van der Waals surface area (Å²) in [4.78, 5) is 37.7. The molecule has 7 heteroatoms. The van der Waals surface area contributed by atoms with E-state index in [1.807, 2.05) is 30.3 Å². The van der Waals surface area contributed by atoms with Gasteiger partial charge in [0.2, 0.25) is 11.8 Å². The average Bonchev–Trinajstić information content (AvgIpc) is 2.86. The SMILES string of the molecule is O=C(Cc1ccccc1)NC1C(=O)N2C(C(=O)O)C3(CCC3)S[C@@H]12. The van der Waals surface area contributed by atoms with Crippen molar-refractivity contribution in [1.82, 2.24) is 10.2 Å². The summed E-state index contributed by atoms with van der Waals surface area (Å²) in [7, 11) is 0. The van der Waals surface area contributed by atoms with Crippen LogP contribution in [0.25, 0.3) is 0 Å². The zero-order chi connectivity index (χ0) is 16.9. The number of thioether (sulfide) groups is 1. The molecule has 24 heavy (non-hydrogen) atoms. The highest BCUT2D eigenvalue weighted by Crippen LogP contribution is 2.59. The Morgan fingerprint density at radius 1 is 1.29 bits per heavy atom. The molecule has 2 heterocycles. The van der Waals surface area contributed by atoms with Gasteiger partial charge in [-0.15, -0.1) is 11.8 Å². The highest BCUT2D eigenvalue weighted by atomic mass is 32.2. The van der Waals surface area contributed by atoms with Crippen LogP contribution < -0.4 is 5.32 Å². The second kappa shape index (κ2) is 5.51.